The highest BCUT2D eigenvalue weighted by molar-refractivity contribution is 8.13. The van der Waals surface area contributed by atoms with E-state index in [1.165, 1.54) is 0 Å². The molecule has 0 unspecified atom stereocenters. The van der Waals surface area contributed by atoms with E-state index in [1.807, 2.05) is 4.98 Å². The zero-order chi connectivity index (χ0) is 17.0. The Morgan fingerprint density at radius 3 is 1.86 bits per heavy atom. The number of rotatable bonds is 2. The molecule has 22 heavy (non-hydrogen) atoms. The van der Waals surface area contributed by atoms with Crippen LogP contribution in [0.4, 0.5) is 0 Å². The standard InChI is InChI=1S/C4H2Cl2N2O2S.C4H4N2O4S/c5-4-7-1-3(2-8-4)11(6,9)10;7-4-5-1-3(2-6-4)11(8,9)10/h1-2H;1-2H,(H,5,6,7)(H,8,9,10). The zero-order valence-corrected chi connectivity index (χ0v) is 13.4. The van der Waals surface area contributed by atoms with E-state index in [0.717, 1.165) is 24.8 Å². The molecule has 0 radical (unpaired) electrons. The van der Waals surface area contributed by atoms with Crippen molar-refractivity contribution in [1.29, 1.82) is 0 Å². The predicted molar refractivity (Wildman–Crippen MR) is 74.8 cm³/mol. The first-order valence-electron chi connectivity index (χ1n) is 4.94. The van der Waals surface area contributed by atoms with E-state index in [9.17, 15) is 21.6 Å². The third-order valence-corrected chi connectivity index (χ3v) is 4.15. The Bertz CT molecular complexity index is 890. The van der Waals surface area contributed by atoms with Gasteiger partial charge in [0.25, 0.3) is 19.2 Å². The van der Waals surface area contributed by atoms with E-state index in [0.29, 0.717) is 0 Å². The van der Waals surface area contributed by atoms with Gasteiger partial charge < -0.3 is 4.98 Å². The minimum Gasteiger partial charge on any atom is -0.311 e. The van der Waals surface area contributed by atoms with Gasteiger partial charge in [-0.3, -0.25) is 4.55 Å². The van der Waals surface area contributed by atoms with Gasteiger partial charge in [-0.15, -0.1) is 0 Å². The molecule has 14 heteroatoms. The van der Waals surface area contributed by atoms with Crippen molar-refractivity contribution in [2.45, 2.75) is 9.79 Å². The highest BCUT2D eigenvalue weighted by Crippen LogP contribution is 2.12. The van der Waals surface area contributed by atoms with Gasteiger partial charge in [0.2, 0.25) is 5.28 Å². The molecule has 2 aromatic rings. The van der Waals surface area contributed by atoms with E-state index in [-0.39, 0.29) is 10.2 Å². The monoisotopic (exact) mass is 388 g/mol. The maximum atomic E-state index is 10.6. The summed E-state index contributed by atoms with van der Waals surface area (Å²) >= 11 is 5.30. The molecule has 0 saturated carbocycles. The van der Waals surface area contributed by atoms with Gasteiger partial charge in [0.1, 0.15) is 9.79 Å². The lowest BCUT2D eigenvalue weighted by atomic mass is 10.7. The van der Waals surface area contributed by atoms with Gasteiger partial charge in [-0.25, -0.2) is 28.2 Å². The van der Waals surface area contributed by atoms with Crippen molar-refractivity contribution in [2.24, 2.45) is 0 Å². The molecular formula is C8H6Cl2N4O6S2. The van der Waals surface area contributed by atoms with Crippen LogP contribution in [0.1, 0.15) is 0 Å². The van der Waals surface area contributed by atoms with Crippen LogP contribution < -0.4 is 5.69 Å². The summed E-state index contributed by atoms with van der Waals surface area (Å²) in [6.07, 6.45) is 3.72. The van der Waals surface area contributed by atoms with Crippen molar-refractivity contribution < 1.29 is 21.4 Å². The summed E-state index contributed by atoms with van der Waals surface area (Å²) in [6.45, 7) is 0. The third kappa shape index (κ3) is 6.03. The van der Waals surface area contributed by atoms with Gasteiger partial charge in [0, 0.05) is 16.9 Å². The van der Waals surface area contributed by atoms with Gasteiger partial charge in [-0.05, 0) is 11.6 Å². The fraction of sp³-hybridized carbons (Fsp3) is 0. The molecule has 0 amide bonds. The second-order valence-electron chi connectivity index (χ2n) is 3.36. The van der Waals surface area contributed by atoms with Crippen LogP contribution in [-0.4, -0.2) is 41.3 Å². The summed E-state index contributed by atoms with van der Waals surface area (Å²) in [5.41, 5.74) is -0.669. The van der Waals surface area contributed by atoms with E-state index >= 15 is 0 Å². The first kappa shape index (κ1) is 18.4. The molecule has 2 N–H and O–H groups in total. The first-order chi connectivity index (χ1) is 10.00. The van der Waals surface area contributed by atoms with Crippen molar-refractivity contribution in [3.05, 3.63) is 40.6 Å². The highest BCUT2D eigenvalue weighted by atomic mass is 35.7. The minimum atomic E-state index is -4.25. The lowest BCUT2D eigenvalue weighted by Gasteiger charge is -1.92. The first-order valence-corrected chi connectivity index (χ1v) is 9.07. The highest BCUT2D eigenvalue weighted by Gasteiger charge is 2.10. The number of halogens is 2. The fourth-order valence-electron chi connectivity index (χ4n) is 0.897. The van der Waals surface area contributed by atoms with Crippen LogP contribution in [0.2, 0.25) is 5.28 Å². The molecule has 0 bridgehead atoms. The molecule has 0 aliphatic carbocycles. The van der Waals surface area contributed by atoms with E-state index < -0.39 is 29.8 Å². The van der Waals surface area contributed by atoms with Crippen LogP contribution in [0.25, 0.3) is 0 Å². The Morgan fingerprint density at radius 2 is 1.50 bits per heavy atom. The fourth-order valence-corrected chi connectivity index (χ4v) is 1.98. The lowest BCUT2D eigenvalue weighted by Crippen LogP contribution is -2.11. The summed E-state index contributed by atoms with van der Waals surface area (Å²) in [4.78, 5) is 21.7. The Hall–Kier alpha value is -1.60. The number of nitrogens with zero attached hydrogens (tertiary/aromatic N) is 3. The molecule has 0 fully saturated rings. The van der Waals surface area contributed by atoms with Crippen molar-refractivity contribution in [3.8, 4) is 0 Å². The van der Waals surface area contributed by atoms with E-state index in [2.05, 4.69) is 15.0 Å². The average Bonchev–Trinajstić information content (AvgIpc) is 2.38. The van der Waals surface area contributed by atoms with Gasteiger partial charge in [-0.1, -0.05) is 0 Å². The molecule has 2 rings (SSSR count). The molecule has 2 heterocycles. The molecule has 0 aromatic carbocycles. The largest absolute Gasteiger partial charge is 0.344 e. The summed E-state index contributed by atoms with van der Waals surface area (Å²) in [6, 6.07) is 0. The van der Waals surface area contributed by atoms with Crippen molar-refractivity contribution in [3.63, 3.8) is 0 Å². The molecule has 2 aromatic heterocycles. The van der Waals surface area contributed by atoms with Crippen molar-refractivity contribution in [1.82, 2.24) is 19.9 Å². The van der Waals surface area contributed by atoms with Crippen LogP contribution >= 0.6 is 22.3 Å². The number of H-pyrrole nitrogens is 1. The zero-order valence-electron chi connectivity index (χ0n) is 10.2. The molecule has 0 spiro atoms. The van der Waals surface area contributed by atoms with Crippen molar-refractivity contribution in [2.75, 3.05) is 0 Å². The molecule has 120 valence electrons. The normalized spacial score (nSPS) is 11.4. The molecular weight excluding hydrogens is 383 g/mol. The van der Waals surface area contributed by atoms with E-state index in [4.69, 9.17) is 26.8 Å². The molecule has 0 aliphatic rings. The number of nitrogens with one attached hydrogen (secondary N) is 1. The van der Waals surface area contributed by atoms with Crippen molar-refractivity contribution >= 4 is 41.5 Å². The van der Waals surface area contributed by atoms with Crippen LogP contribution in [0, 0.1) is 0 Å². The SMILES string of the molecule is O=S(=O)(Cl)c1cnc(Cl)nc1.O=c1ncc(S(=O)(=O)O)c[nH]1. The lowest BCUT2D eigenvalue weighted by molar-refractivity contribution is 0.482. The molecule has 0 atom stereocenters. The van der Waals surface area contributed by atoms with Crippen LogP contribution in [0.5, 0.6) is 0 Å². The smallest absolute Gasteiger partial charge is 0.311 e. The van der Waals surface area contributed by atoms with E-state index in [1.54, 1.807) is 0 Å². The maximum absolute atomic E-state index is 10.6. The Balaban J connectivity index is 0.000000220. The summed E-state index contributed by atoms with van der Waals surface area (Å²) in [5.74, 6) is 0. The van der Waals surface area contributed by atoms with Gasteiger partial charge in [-0.2, -0.15) is 8.42 Å². The summed E-state index contributed by atoms with van der Waals surface area (Å²) in [5, 5.41) is -0.0194. The average molecular weight is 389 g/mol. The second kappa shape index (κ2) is 7.11. The Kier molecular flexibility index (Phi) is 5.96. The quantitative estimate of drug-likeness (QED) is 0.412. The van der Waals surface area contributed by atoms with Gasteiger partial charge >= 0.3 is 5.69 Å². The van der Waals surface area contributed by atoms with Gasteiger partial charge in [0.05, 0.1) is 18.6 Å². The van der Waals surface area contributed by atoms with Crippen LogP contribution in [0.15, 0.2) is 39.4 Å². The molecule has 0 aliphatic heterocycles. The maximum Gasteiger partial charge on any atom is 0.344 e. The van der Waals surface area contributed by atoms with Crippen LogP contribution in [0.3, 0.4) is 0 Å². The number of aromatic nitrogens is 4. The summed E-state index contributed by atoms with van der Waals surface area (Å²) < 4.78 is 50.2. The van der Waals surface area contributed by atoms with Crippen LogP contribution in [-0.2, 0) is 19.2 Å². The number of hydrogen-bond donors (Lipinski definition) is 2. The molecule has 10 nitrogen and oxygen atoms in total. The topological polar surface area (TPSA) is 160 Å². The predicted octanol–water partition coefficient (Wildman–Crippen LogP) is 0.0741. The minimum absolute atomic E-state index is 0.0194. The Labute approximate surface area is 133 Å². The second-order valence-corrected chi connectivity index (χ2v) is 7.68. The third-order valence-electron chi connectivity index (χ3n) is 1.82. The summed E-state index contributed by atoms with van der Waals surface area (Å²) in [7, 11) is -3.02. The number of hydrogen-bond acceptors (Lipinski definition) is 8. The van der Waals surface area contributed by atoms with Gasteiger partial charge in [0.15, 0.2) is 0 Å². The Morgan fingerprint density at radius 1 is 1.00 bits per heavy atom. The molecule has 0 saturated heterocycles. The number of aromatic amines is 1.